The highest BCUT2D eigenvalue weighted by atomic mass is 32.2. The standard InChI is InChI=1S/C24H33F3N4O2S3/c1-30(2)19-11-14-31(15-12-19)13-10-18(17-34-20-6-4-3-5-7-20)29-22-9-8-21(35-28)16-23(22)36(32,33)24(25,26)27/h3-9,16,18-19,29H,10-15,17,28H2,1-2H3. The molecule has 2 aromatic rings. The normalized spacial score (nSPS) is 16.9. The smallest absolute Gasteiger partial charge is 0.380 e. The number of rotatable bonds is 11. The predicted molar refractivity (Wildman–Crippen MR) is 142 cm³/mol. The minimum absolute atomic E-state index is 0.0601. The molecule has 6 nitrogen and oxygen atoms in total. The van der Waals surface area contributed by atoms with Crippen molar-refractivity contribution in [2.24, 2.45) is 5.14 Å². The molecule has 0 spiro atoms. The number of thioether (sulfide) groups is 1. The van der Waals surface area contributed by atoms with Crippen LogP contribution in [-0.4, -0.2) is 75.3 Å². The Bertz CT molecular complexity index is 1080. The first-order valence-electron chi connectivity index (χ1n) is 11.7. The maximum absolute atomic E-state index is 13.5. The van der Waals surface area contributed by atoms with Gasteiger partial charge in [0.15, 0.2) is 0 Å². The van der Waals surface area contributed by atoms with Crippen LogP contribution in [0.2, 0.25) is 0 Å². The molecule has 1 heterocycles. The highest BCUT2D eigenvalue weighted by Crippen LogP contribution is 2.37. The Morgan fingerprint density at radius 2 is 1.78 bits per heavy atom. The molecule has 1 aliphatic heterocycles. The van der Waals surface area contributed by atoms with E-state index in [1.54, 1.807) is 11.8 Å². The average molecular weight is 563 g/mol. The number of anilines is 1. The van der Waals surface area contributed by atoms with Gasteiger partial charge < -0.3 is 15.1 Å². The van der Waals surface area contributed by atoms with Gasteiger partial charge in [0.25, 0.3) is 9.84 Å². The van der Waals surface area contributed by atoms with Gasteiger partial charge in [0.2, 0.25) is 0 Å². The number of alkyl halides is 3. The van der Waals surface area contributed by atoms with Gasteiger partial charge in [0, 0.05) is 34.2 Å². The van der Waals surface area contributed by atoms with E-state index in [0.717, 1.165) is 43.4 Å². The van der Waals surface area contributed by atoms with E-state index >= 15 is 0 Å². The zero-order chi connectivity index (χ0) is 26.3. The van der Waals surface area contributed by atoms with Gasteiger partial charge in [-0.05, 0) is 88.7 Å². The average Bonchev–Trinajstić information content (AvgIpc) is 2.86. The fraction of sp³-hybridized carbons (Fsp3) is 0.500. The van der Waals surface area contributed by atoms with Crippen molar-refractivity contribution in [3.8, 4) is 0 Å². The summed E-state index contributed by atoms with van der Waals surface area (Å²) >= 11 is 2.28. The number of nitrogens with zero attached hydrogens (tertiary/aromatic N) is 2. The molecule has 3 rings (SSSR count). The van der Waals surface area contributed by atoms with Crippen LogP contribution in [0.3, 0.4) is 0 Å². The fourth-order valence-electron chi connectivity index (χ4n) is 4.17. The monoisotopic (exact) mass is 562 g/mol. The number of hydrogen-bond acceptors (Lipinski definition) is 8. The number of sulfone groups is 1. The molecule has 36 heavy (non-hydrogen) atoms. The van der Waals surface area contributed by atoms with E-state index in [1.165, 1.54) is 12.1 Å². The molecular weight excluding hydrogens is 529 g/mol. The van der Waals surface area contributed by atoms with E-state index in [0.29, 0.717) is 30.2 Å². The third-order valence-corrected chi connectivity index (χ3v) is 9.55. The number of halogens is 3. The zero-order valence-electron chi connectivity index (χ0n) is 20.4. The Morgan fingerprint density at radius 1 is 1.11 bits per heavy atom. The lowest BCUT2D eigenvalue weighted by molar-refractivity contribution is -0.0435. The SMILES string of the molecule is CN(C)C1CCN(CCC(CSc2ccccc2)Nc2ccc(SN)cc2S(=O)(=O)C(F)(F)F)CC1. The number of benzene rings is 2. The Labute approximate surface area is 220 Å². The topological polar surface area (TPSA) is 78.7 Å². The molecule has 1 saturated heterocycles. The summed E-state index contributed by atoms with van der Waals surface area (Å²) in [5.41, 5.74) is -5.47. The summed E-state index contributed by atoms with van der Waals surface area (Å²) in [6.07, 6.45) is 2.79. The minimum atomic E-state index is -5.56. The van der Waals surface area contributed by atoms with Gasteiger partial charge in [-0.1, -0.05) is 18.2 Å². The summed E-state index contributed by atoms with van der Waals surface area (Å²) in [5, 5.41) is 8.63. The van der Waals surface area contributed by atoms with Crippen molar-refractivity contribution in [2.75, 3.05) is 44.8 Å². The molecule has 0 radical (unpaired) electrons. The van der Waals surface area contributed by atoms with Crippen LogP contribution in [0, 0.1) is 0 Å². The van der Waals surface area contributed by atoms with Crippen LogP contribution < -0.4 is 10.5 Å². The Hall–Kier alpha value is -1.44. The Kier molecular flexibility index (Phi) is 10.4. The fourth-order valence-corrected chi connectivity index (χ4v) is 6.52. The van der Waals surface area contributed by atoms with E-state index in [-0.39, 0.29) is 16.6 Å². The van der Waals surface area contributed by atoms with Crippen molar-refractivity contribution in [1.82, 2.24) is 9.80 Å². The van der Waals surface area contributed by atoms with Crippen molar-refractivity contribution >= 4 is 39.2 Å². The molecule has 0 saturated carbocycles. The van der Waals surface area contributed by atoms with Crippen molar-refractivity contribution < 1.29 is 21.6 Å². The first kappa shape index (κ1) is 29.1. The summed E-state index contributed by atoms with van der Waals surface area (Å²) in [7, 11) is -1.38. The molecule has 0 aliphatic carbocycles. The van der Waals surface area contributed by atoms with E-state index in [1.807, 2.05) is 30.3 Å². The van der Waals surface area contributed by atoms with Gasteiger partial charge in [-0.25, -0.2) is 8.42 Å². The van der Waals surface area contributed by atoms with Crippen molar-refractivity contribution in [2.45, 2.75) is 51.5 Å². The number of likely N-dealkylation sites (tertiary alicyclic amines) is 1. The largest absolute Gasteiger partial charge is 0.501 e. The molecule has 0 aromatic heterocycles. The van der Waals surface area contributed by atoms with Crippen LogP contribution >= 0.6 is 23.7 Å². The lowest BCUT2D eigenvalue weighted by Crippen LogP contribution is -2.43. The van der Waals surface area contributed by atoms with Crippen LogP contribution in [0.5, 0.6) is 0 Å². The van der Waals surface area contributed by atoms with Gasteiger partial charge >= 0.3 is 5.51 Å². The van der Waals surface area contributed by atoms with E-state index in [9.17, 15) is 21.6 Å². The summed E-state index contributed by atoms with van der Waals surface area (Å²) < 4.78 is 65.1. The van der Waals surface area contributed by atoms with Crippen LogP contribution in [0.15, 0.2) is 63.2 Å². The van der Waals surface area contributed by atoms with Crippen LogP contribution in [0.1, 0.15) is 19.3 Å². The summed E-state index contributed by atoms with van der Waals surface area (Å²) in [6, 6.07) is 13.9. The molecule has 2 aromatic carbocycles. The minimum Gasteiger partial charge on any atom is -0.380 e. The first-order chi connectivity index (χ1) is 17.0. The highest BCUT2D eigenvalue weighted by Gasteiger charge is 2.48. The lowest BCUT2D eigenvalue weighted by Gasteiger charge is -2.36. The Morgan fingerprint density at radius 3 is 2.36 bits per heavy atom. The predicted octanol–water partition coefficient (Wildman–Crippen LogP) is 4.93. The van der Waals surface area contributed by atoms with Gasteiger partial charge in [0.1, 0.15) is 4.90 Å². The quantitative estimate of drug-likeness (QED) is 0.295. The van der Waals surface area contributed by atoms with Gasteiger partial charge in [-0.2, -0.15) is 13.2 Å². The van der Waals surface area contributed by atoms with Gasteiger partial charge in [-0.15, -0.1) is 11.8 Å². The van der Waals surface area contributed by atoms with Crippen LogP contribution in [0.4, 0.5) is 18.9 Å². The van der Waals surface area contributed by atoms with Crippen LogP contribution in [-0.2, 0) is 9.84 Å². The second-order valence-electron chi connectivity index (χ2n) is 9.02. The molecule has 12 heteroatoms. The third-order valence-electron chi connectivity index (χ3n) is 6.32. The van der Waals surface area contributed by atoms with Crippen molar-refractivity contribution in [3.63, 3.8) is 0 Å². The molecule has 1 atom stereocenters. The zero-order valence-corrected chi connectivity index (χ0v) is 22.8. The van der Waals surface area contributed by atoms with Crippen molar-refractivity contribution in [1.29, 1.82) is 0 Å². The molecule has 1 fully saturated rings. The molecule has 1 aliphatic rings. The summed E-state index contributed by atoms with van der Waals surface area (Å²) in [6.45, 7) is 2.68. The molecule has 200 valence electrons. The van der Waals surface area contributed by atoms with Gasteiger partial charge in [0.05, 0.1) is 5.69 Å². The molecule has 1 unspecified atom stereocenters. The molecular formula is C24H33F3N4O2S3. The number of nitrogens with two attached hydrogens (primary N) is 1. The first-order valence-corrected chi connectivity index (χ1v) is 15.0. The van der Waals surface area contributed by atoms with Gasteiger partial charge in [-0.3, -0.25) is 5.14 Å². The number of hydrogen-bond donors (Lipinski definition) is 2. The maximum Gasteiger partial charge on any atom is 0.501 e. The summed E-state index contributed by atoms with van der Waals surface area (Å²) in [4.78, 5) is 5.08. The highest BCUT2D eigenvalue weighted by molar-refractivity contribution is 7.99. The number of piperidine rings is 1. The van der Waals surface area contributed by atoms with E-state index in [2.05, 4.69) is 29.2 Å². The van der Waals surface area contributed by atoms with Crippen LogP contribution in [0.25, 0.3) is 0 Å². The molecule has 0 amide bonds. The lowest BCUT2D eigenvalue weighted by atomic mass is 10.0. The van der Waals surface area contributed by atoms with Crippen molar-refractivity contribution in [3.05, 3.63) is 48.5 Å². The number of nitrogens with one attached hydrogen (secondary N) is 1. The van der Waals surface area contributed by atoms with E-state index in [4.69, 9.17) is 5.14 Å². The third kappa shape index (κ3) is 7.78. The second-order valence-corrected chi connectivity index (χ2v) is 12.7. The van der Waals surface area contributed by atoms with E-state index < -0.39 is 20.2 Å². The molecule has 3 N–H and O–H groups in total. The Balaban J connectivity index is 1.79. The maximum atomic E-state index is 13.5. The second kappa shape index (κ2) is 12.9. The molecule has 0 bridgehead atoms. The summed E-state index contributed by atoms with van der Waals surface area (Å²) in [5.74, 6) is 0.567.